The Morgan fingerprint density at radius 3 is 2.40 bits per heavy atom. The number of aliphatic hydroxyl groups is 1. The van der Waals surface area contributed by atoms with Gasteiger partial charge < -0.3 is 15.7 Å². The largest absolute Gasteiger partial charge is 0.383 e. The number of rotatable bonds is 6. The van der Waals surface area contributed by atoms with Gasteiger partial charge in [0.1, 0.15) is 6.10 Å². The van der Waals surface area contributed by atoms with Crippen LogP contribution in [0.2, 0.25) is 0 Å². The van der Waals surface area contributed by atoms with E-state index in [9.17, 15) is 14.7 Å². The van der Waals surface area contributed by atoms with Crippen molar-refractivity contribution in [3.8, 4) is 0 Å². The summed E-state index contributed by atoms with van der Waals surface area (Å²) < 4.78 is 0. The molecule has 0 aromatic carbocycles. The second-order valence-corrected chi connectivity index (χ2v) is 8.22. The fourth-order valence-corrected chi connectivity index (χ4v) is 4.43. The predicted molar refractivity (Wildman–Crippen MR) is 101 cm³/mol. The minimum atomic E-state index is -0.662. The Labute approximate surface area is 157 Å². The summed E-state index contributed by atoms with van der Waals surface area (Å²) in [6.07, 6.45) is -0.658. The standard InChI is InChI=1S/C17H16N2O3S3/c20-15(11-5-7-23-10-11)14-4-3-13(25-14)9-19-17(22)16(21)18-8-12-2-1-6-24-12/h1-7,10,15,20H,8-9H2,(H,18,21)(H,19,22). The van der Waals surface area contributed by atoms with Crippen LogP contribution in [0.15, 0.2) is 46.5 Å². The zero-order valence-corrected chi connectivity index (χ0v) is 15.5. The molecule has 130 valence electrons. The summed E-state index contributed by atoms with van der Waals surface area (Å²) >= 11 is 4.47. The molecule has 2 amide bonds. The van der Waals surface area contributed by atoms with Gasteiger partial charge in [-0.05, 0) is 46.0 Å². The van der Waals surface area contributed by atoms with E-state index in [2.05, 4.69) is 10.6 Å². The van der Waals surface area contributed by atoms with Gasteiger partial charge in [0.05, 0.1) is 13.1 Å². The van der Waals surface area contributed by atoms with Crippen LogP contribution in [0.5, 0.6) is 0 Å². The summed E-state index contributed by atoms with van der Waals surface area (Å²) in [6.45, 7) is 0.603. The van der Waals surface area contributed by atoms with E-state index in [4.69, 9.17) is 0 Å². The minimum Gasteiger partial charge on any atom is -0.383 e. The summed E-state index contributed by atoms with van der Waals surface area (Å²) in [5.41, 5.74) is 0.857. The lowest BCUT2D eigenvalue weighted by atomic mass is 10.2. The van der Waals surface area contributed by atoms with E-state index in [1.165, 1.54) is 34.0 Å². The average Bonchev–Trinajstić information content (AvgIpc) is 3.39. The van der Waals surface area contributed by atoms with Gasteiger partial charge >= 0.3 is 11.8 Å². The molecule has 5 nitrogen and oxygen atoms in total. The van der Waals surface area contributed by atoms with Crippen molar-refractivity contribution in [1.82, 2.24) is 10.6 Å². The smallest absolute Gasteiger partial charge is 0.309 e. The van der Waals surface area contributed by atoms with Crippen LogP contribution in [-0.2, 0) is 22.7 Å². The molecular weight excluding hydrogens is 376 g/mol. The summed E-state index contributed by atoms with van der Waals surface area (Å²) in [5.74, 6) is -1.31. The molecule has 3 heterocycles. The highest BCUT2D eigenvalue weighted by molar-refractivity contribution is 7.12. The van der Waals surface area contributed by atoms with E-state index >= 15 is 0 Å². The first-order valence-corrected chi connectivity index (χ1v) is 10.1. The lowest BCUT2D eigenvalue weighted by Crippen LogP contribution is -2.39. The first-order valence-electron chi connectivity index (χ1n) is 7.50. The molecule has 1 unspecified atom stereocenters. The number of hydrogen-bond acceptors (Lipinski definition) is 6. The predicted octanol–water partition coefficient (Wildman–Crippen LogP) is 2.89. The number of carbonyl (C=O) groups excluding carboxylic acids is 2. The van der Waals surface area contributed by atoms with Crippen molar-refractivity contribution in [2.75, 3.05) is 0 Å². The third-order valence-corrected chi connectivity index (χ3v) is 6.16. The molecule has 0 spiro atoms. The fourth-order valence-electron chi connectivity index (χ4n) is 2.14. The van der Waals surface area contributed by atoms with Gasteiger partial charge in [0.25, 0.3) is 0 Å². The number of aliphatic hydroxyl groups excluding tert-OH is 1. The number of amides is 2. The molecule has 3 rings (SSSR count). The molecule has 0 bridgehead atoms. The first-order chi connectivity index (χ1) is 12.1. The van der Waals surface area contributed by atoms with E-state index in [0.717, 1.165) is 20.2 Å². The Kier molecular flexibility index (Phi) is 5.98. The number of carbonyl (C=O) groups is 2. The average molecular weight is 393 g/mol. The van der Waals surface area contributed by atoms with Crippen molar-refractivity contribution >= 4 is 45.8 Å². The third-order valence-electron chi connectivity index (χ3n) is 3.44. The van der Waals surface area contributed by atoms with Crippen LogP contribution in [0.4, 0.5) is 0 Å². The highest BCUT2D eigenvalue weighted by Gasteiger charge is 2.16. The highest BCUT2D eigenvalue weighted by atomic mass is 32.1. The summed E-state index contributed by atoms with van der Waals surface area (Å²) in [7, 11) is 0. The number of nitrogens with one attached hydrogen (secondary N) is 2. The van der Waals surface area contributed by atoms with Gasteiger partial charge in [-0.2, -0.15) is 11.3 Å². The second kappa shape index (κ2) is 8.39. The van der Waals surface area contributed by atoms with Crippen molar-refractivity contribution < 1.29 is 14.7 Å². The van der Waals surface area contributed by atoms with E-state index < -0.39 is 17.9 Å². The highest BCUT2D eigenvalue weighted by Crippen LogP contribution is 2.29. The molecule has 0 aliphatic carbocycles. The van der Waals surface area contributed by atoms with Crippen LogP contribution in [0.3, 0.4) is 0 Å². The van der Waals surface area contributed by atoms with Gasteiger partial charge in [0.2, 0.25) is 0 Å². The Morgan fingerprint density at radius 2 is 1.76 bits per heavy atom. The minimum absolute atomic E-state index is 0.256. The van der Waals surface area contributed by atoms with Gasteiger partial charge in [-0.25, -0.2) is 0 Å². The SMILES string of the molecule is O=C(NCc1cccs1)C(=O)NCc1ccc(C(O)c2ccsc2)s1. The molecule has 0 saturated carbocycles. The molecule has 3 aromatic rings. The van der Waals surface area contributed by atoms with Crippen molar-refractivity contribution in [2.24, 2.45) is 0 Å². The summed E-state index contributed by atoms with van der Waals surface area (Å²) in [5, 5.41) is 21.2. The molecule has 3 aromatic heterocycles. The first kappa shape index (κ1) is 17.8. The van der Waals surface area contributed by atoms with Crippen molar-refractivity contribution in [2.45, 2.75) is 19.2 Å². The molecule has 0 fully saturated rings. The molecule has 25 heavy (non-hydrogen) atoms. The molecule has 0 aliphatic heterocycles. The van der Waals surface area contributed by atoms with Crippen LogP contribution >= 0.6 is 34.0 Å². The fraction of sp³-hybridized carbons (Fsp3) is 0.176. The quantitative estimate of drug-likeness (QED) is 0.565. The van der Waals surface area contributed by atoms with Crippen LogP contribution in [-0.4, -0.2) is 16.9 Å². The number of hydrogen-bond donors (Lipinski definition) is 3. The van der Waals surface area contributed by atoms with Gasteiger partial charge in [0.15, 0.2) is 0 Å². The molecule has 0 saturated heterocycles. The maximum atomic E-state index is 11.8. The van der Waals surface area contributed by atoms with E-state index in [0.29, 0.717) is 6.54 Å². The Hall–Kier alpha value is -2.00. The van der Waals surface area contributed by atoms with E-state index in [-0.39, 0.29) is 6.54 Å². The van der Waals surface area contributed by atoms with Crippen molar-refractivity contribution in [3.05, 3.63) is 66.7 Å². The normalized spacial score (nSPS) is 11.9. The van der Waals surface area contributed by atoms with Gasteiger partial charge in [-0.3, -0.25) is 9.59 Å². The summed E-state index contributed by atoms with van der Waals surface area (Å²) in [4.78, 5) is 26.3. The van der Waals surface area contributed by atoms with Crippen LogP contribution in [0, 0.1) is 0 Å². The van der Waals surface area contributed by atoms with Crippen LogP contribution in [0.1, 0.15) is 26.3 Å². The lowest BCUT2D eigenvalue weighted by molar-refractivity contribution is -0.139. The topological polar surface area (TPSA) is 78.4 Å². The zero-order valence-electron chi connectivity index (χ0n) is 13.1. The van der Waals surface area contributed by atoms with Gasteiger partial charge in [-0.1, -0.05) is 6.07 Å². The molecule has 8 heteroatoms. The van der Waals surface area contributed by atoms with Crippen LogP contribution in [0.25, 0.3) is 0 Å². The molecule has 0 aliphatic rings. The zero-order chi connectivity index (χ0) is 17.6. The molecule has 0 radical (unpaired) electrons. The van der Waals surface area contributed by atoms with E-state index in [1.54, 1.807) is 0 Å². The number of thiophene rings is 3. The Balaban J connectivity index is 1.48. The van der Waals surface area contributed by atoms with Gasteiger partial charge in [0, 0.05) is 14.6 Å². The Bertz CT molecular complexity index is 825. The van der Waals surface area contributed by atoms with E-state index in [1.807, 2.05) is 46.5 Å². The lowest BCUT2D eigenvalue weighted by Gasteiger charge is -2.06. The second-order valence-electron chi connectivity index (χ2n) is 5.21. The molecule has 3 N–H and O–H groups in total. The monoisotopic (exact) mass is 392 g/mol. The van der Waals surface area contributed by atoms with Crippen molar-refractivity contribution in [1.29, 1.82) is 0 Å². The molecular formula is C17H16N2O3S3. The maximum Gasteiger partial charge on any atom is 0.309 e. The van der Waals surface area contributed by atoms with Crippen LogP contribution < -0.4 is 10.6 Å². The Morgan fingerprint density at radius 1 is 1.00 bits per heavy atom. The third kappa shape index (κ3) is 4.76. The molecule has 1 atom stereocenters. The summed E-state index contributed by atoms with van der Waals surface area (Å²) in [6, 6.07) is 9.36. The van der Waals surface area contributed by atoms with Gasteiger partial charge in [-0.15, -0.1) is 22.7 Å². The maximum absolute atomic E-state index is 11.8. The van der Waals surface area contributed by atoms with Crippen molar-refractivity contribution in [3.63, 3.8) is 0 Å².